The van der Waals surface area contributed by atoms with Crippen molar-refractivity contribution in [1.82, 2.24) is 19.8 Å². The van der Waals surface area contributed by atoms with Gasteiger partial charge in [-0.15, -0.1) is 0 Å². The van der Waals surface area contributed by atoms with Crippen molar-refractivity contribution in [3.05, 3.63) is 24.3 Å². The van der Waals surface area contributed by atoms with Crippen LogP contribution in [0.15, 0.2) is 18.7 Å². The fraction of sp³-hybridized carbons (Fsp3) is 0.700. The largest absolute Gasteiger partial charge is 0.365 e. The highest BCUT2D eigenvalue weighted by Gasteiger charge is 2.34. The topological polar surface area (TPSA) is 75.6 Å². The highest BCUT2D eigenvalue weighted by Crippen LogP contribution is 2.25. The molecular formula is C20H30N4O3. The minimum atomic E-state index is -0.281. The van der Waals surface area contributed by atoms with Crippen molar-refractivity contribution in [2.45, 2.75) is 77.2 Å². The Morgan fingerprint density at radius 2 is 1.96 bits per heavy atom. The lowest BCUT2D eigenvalue weighted by atomic mass is 10.1. The summed E-state index contributed by atoms with van der Waals surface area (Å²) in [6.45, 7) is 5.64. The van der Waals surface area contributed by atoms with Crippen LogP contribution in [0.3, 0.4) is 0 Å². The van der Waals surface area contributed by atoms with E-state index in [-0.39, 0.29) is 30.1 Å². The number of rotatable bonds is 5. The predicted molar refractivity (Wildman–Crippen MR) is 101 cm³/mol. The molecule has 1 aromatic heterocycles. The molecule has 0 aromatic carbocycles. The molecule has 148 valence electrons. The van der Waals surface area contributed by atoms with Gasteiger partial charge >= 0.3 is 0 Å². The zero-order chi connectivity index (χ0) is 19.2. The van der Waals surface area contributed by atoms with Gasteiger partial charge in [-0.05, 0) is 38.5 Å². The molecule has 0 saturated carbocycles. The zero-order valence-electron chi connectivity index (χ0n) is 16.3. The summed E-state index contributed by atoms with van der Waals surface area (Å²) < 4.78 is 5.89. The van der Waals surface area contributed by atoms with Crippen LogP contribution in [0.2, 0.25) is 0 Å². The summed E-state index contributed by atoms with van der Waals surface area (Å²) in [5.74, 6) is 0.172. The van der Waals surface area contributed by atoms with E-state index in [4.69, 9.17) is 4.74 Å². The fourth-order valence-electron chi connectivity index (χ4n) is 4.11. The van der Waals surface area contributed by atoms with Crippen molar-refractivity contribution in [3.63, 3.8) is 0 Å². The molecule has 0 aliphatic carbocycles. The van der Waals surface area contributed by atoms with Gasteiger partial charge in [-0.1, -0.05) is 6.92 Å². The molecule has 2 aliphatic heterocycles. The maximum Gasteiger partial charge on any atom is 0.251 e. The van der Waals surface area contributed by atoms with Crippen molar-refractivity contribution < 1.29 is 14.3 Å². The molecule has 2 aliphatic rings. The van der Waals surface area contributed by atoms with Crippen molar-refractivity contribution >= 4 is 11.8 Å². The van der Waals surface area contributed by atoms with Crippen molar-refractivity contribution in [2.75, 3.05) is 13.1 Å². The Balaban J connectivity index is 1.59. The Kier molecular flexibility index (Phi) is 6.77. The first-order valence-corrected chi connectivity index (χ1v) is 10.0. The summed E-state index contributed by atoms with van der Waals surface area (Å²) in [7, 11) is 0. The van der Waals surface area contributed by atoms with E-state index in [1.807, 2.05) is 9.80 Å². The van der Waals surface area contributed by atoms with Gasteiger partial charge in [0.1, 0.15) is 12.4 Å². The Bertz CT molecular complexity index is 639. The second kappa shape index (κ2) is 9.26. The van der Waals surface area contributed by atoms with Crippen molar-refractivity contribution in [2.24, 2.45) is 0 Å². The number of likely N-dealkylation sites (tertiary alicyclic amines) is 1. The van der Waals surface area contributed by atoms with Crippen LogP contribution in [-0.4, -0.2) is 62.9 Å². The summed E-state index contributed by atoms with van der Waals surface area (Å²) in [5, 5.41) is 0. The number of aromatic nitrogens is 2. The number of carbonyl (C=O) groups excluding carboxylic acids is 2. The van der Waals surface area contributed by atoms with E-state index in [0.717, 1.165) is 50.6 Å². The molecule has 2 fully saturated rings. The van der Waals surface area contributed by atoms with E-state index < -0.39 is 0 Å². The number of carbonyl (C=O) groups is 2. The Labute approximate surface area is 161 Å². The van der Waals surface area contributed by atoms with E-state index in [1.165, 1.54) is 6.33 Å². The zero-order valence-corrected chi connectivity index (χ0v) is 16.3. The second-order valence-electron chi connectivity index (χ2n) is 7.54. The third kappa shape index (κ3) is 5.03. The minimum absolute atomic E-state index is 0.0496. The first kappa shape index (κ1) is 19.7. The number of nitrogens with zero attached hydrogens (tertiary/aromatic N) is 4. The van der Waals surface area contributed by atoms with Crippen LogP contribution in [0.25, 0.3) is 0 Å². The number of hydrogen-bond donors (Lipinski definition) is 0. The predicted octanol–water partition coefficient (Wildman–Crippen LogP) is 2.16. The van der Waals surface area contributed by atoms with Gasteiger partial charge in [-0.3, -0.25) is 9.59 Å². The lowest BCUT2D eigenvalue weighted by Crippen LogP contribution is -2.41. The summed E-state index contributed by atoms with van der Waals surface area (Å²) in [6, 6.07) is 0.133. The van der Waals surface area contributed by atoms with Gasteiger partial charge < -0.3 is 14.5 Å². The van der Waals surface area contributed by atoms with Gasteiger partial charge in [0.2, 0.25) is 5.91 Å². The number of ether oxygens (including phenoxy) is 1. The molecule has 0 N–H and O–H groups in total. The summed E-state index contributed by atoms with van der Waals surface area (Å²) in [4.78, 5) is 37.0. The van der Waals surface area contributed by atoms with Crippen LogP contribution in [0.5, 0.6) is 0 Å². The summed E-state index contributed by atoms with van der Waals surface area (Å²) >= 11 is 0. The highest BCUT2D eigenvalue weighted by atomic mass is 16.5. The SMILES string of the molecule is CCC1CCC(C(=O)N2CCCC(N(Cc3cncnc3)C(C)=O)CC2)O1. The molecule has 2 saturated heterocycles. The molecule has 0 spiro atoms. The molecule has 7 heteroatoms. The van der Waals surface area contributed by atoms with Gasteiger partial charge in [-0.25, -0.2) is 9.97 Å². The maximum absolute atomic E-state index is 12.8. The second-order valence-corrected chi connectivity index (χ2v) is 7.54. The van der Waals surface area contributed by atoms with Gasteiger partial charge in [0.15, 0.2) is 0 Å². The van der Waals surface area contributed by atoms with E-state index in [1.54, 1.807) is 19.3 Å². The lowest BCUT2D eigenvalue weighted by molar-refractivity contribution is -0.143. The molecular weight excluding hydrogens is 344 g/mol. The normalized spacial score (nSPS) is 25.9. The van der Waals surface area contributed by atoms with Gasteiger partial charge in [-0.2, -0.15) is 0 Å². The molecule has 2 amide bonds. The minimum Gasteiger partial charge on any atom is -0.365 e. The molecule has 3 heterocycles. The maximum atomic E-state index is 12.8. The van der Waals surface area contributed by atoms with Crippen LogP contribution >= 0.6 is 0 Å². The molecule has 0 radical (unpaired) electrons. The Morgan fingerprint density at radius 3 is 2.63 bits per heavy atom. The van der Waals surface area contributed by atoms with E-state index in [0.29, 0.717) is 13.1 Å². The van der Waals surface area contributed by atoms with E-state index in [2.05, 4.69) is 16.9 Å². The quantitative estimate of drug-likeness (QED) is 0.789. The molecule has 27 heavy (non-hydrogen) atoms. The van der Waals surface area contributed by atoms with Gasteiger partial charge in [0.05, 0.1) is 6.10 Å². The first-order valence-electron chi connectivity index (χ1n) is 10.0. The van der Waals surface area contributed by atoms with E-state index in [9.17, 15) is 9.59 Å². The van der Waals surface area contributed by atoms with Crippen molar-refractivity contribution in [3.8, 4) is 0 Å². The molecule has 0 bridgehead atoms. The summed E-state index contributed by atoms with van der Waals surface area (Å²) in [5.41, 5.74) is 0.926. The third-order valence-electron chi connectivity index (χ3n) is 5.66. The molecule has 1 aromatic rings. The lowest BCUT2D eigenvalue weighted by Gasteiger charge is -2.30. The first-order chi connectivity index (χ1) is 13.1. The molecule has 7 nitrogen and oxygen atoms in total. The standard InChI is InChI=1S/C20H30N4O3/c1-3-18-6-7-19(27-18)20(26)23-9-4-5-17(8-10-23)24(15(2)25)13-16-11-21-14-22-12-16/h11-12,14,17-19H,3-10,13H2,1-2H3. The molecule has 3 atom stereocenters. The number of hydrogen-bond acceptors (Lipinski definition) is 5. The van der Waals surface area contributed by atoms with Gasteiger partial charge in [0, 0.05) is 50.6 Å². The van der Waals surface area contributed by atoms with E-state index >= 15 is 0 Å². The van der Waals surface area contributed by atoms with Crippen LogP contribution in [0.4, 0.5) is 0 Å². The van der Waals surface area contributed by atoms with Crippen LogP contribution < -0.4 is 0 Å². The average Bonchev–Trinajstić information content (AvgIpc) is 3.04. The average molecular weight is 374 g/mol. The summed E-state index contributed by atoms with van der Waals surface area (Å²) in [6.07, 6.45) is 10.3. The molecule has 3 rings (SSSR count). The van der Waals surface area contributed by atoms with Crippen LogP contribution in [0.1, 0.15) is 57.9 Å². The smallest absolute Gasteiger partial charge is 0.251 e. The third-order valence-corrected chi connectivity index (χ3v) is 5.66. The van der Waals surface area contributed by atoms with Crippen LogP contribution in [-0.2, 0) is 20.9 Å². The fourth-order valence-corrected chi connectivity index (χ4v) is 4.11. The van der Waals surface area contributed by atoms with Crippen LogP contribution in [0, 0.1) is 0 Å². The van der Waals surface area contributed by atoms with Gasteiger partial charge in [0.25, 0.3) is 5.91 Å². The Hall–Kier alpha value is -2.02. The van der Waals surface area contributed by atoms with Crippen molar-refractivity contribution in [1.29, 1.82) is 0 Å². The number of amides is 2. The molecule has 3 unspecified atom stereocenters. The monoisotopic (exact) mass is 374 g/mol. The highest BCUT2D eigenvalue weighted by molar-refractivity contribution is 5.81. The Morgan fingerprint density at radius 1 is 1.19 bits per heavy atom.